The molecule has 2 aliphatic heterocycles. The van der Waals surface area contributed by atoms with Crippen LogP contribution in [0.25, 0.3) is 0 Å². The first kappa shape index (κ1) is 11.9. The summed E-state index contributed by atoms with van der Waals surface area (Å²) in [5.41, 5.74) is 0.419. The van der Waals surface area contributed by atoms with Gasteiger partial charge in [0, 0.05) is 26.3 Å². The van der Waals surface area contributed by atoms with Crippen molar-refractivity contribution in [3.63, 3.8) is 0 Å². The fourth-order valence-corrected chi connectivity index (χ4v) is 2.31. The fourth-order valence-electron chi connectivity index (χ4n) is 2.31. The van der Waals surface area contributed by atoms with Crippen LogP contribution in [0.15, 0.2) is 12.3 Å². The Hall–Kier alpha value is -0.540. The molecule has 16 heavy (non-hydrogen) atoms. The van der Waals surface area contributed by atoms with E-state index >= 15 is 0 Å². The Labute approximate surface area is 98.2 Å². The van der Waals surface area contributed by atoms with Gasteiger partial charge in [0.05, 0.1) is 6.26 Å². The summed E-state index contributed by atoms with van der Waals surface area (Å²) in [5, 5.41) is 3.55. The number of nitrogens with one attached hydrogen (secondary N) is 1. The predicted octanol–water partition coefficient (Wildman–Crippen LogP) is 2.09. The standard InChI is InChI=1S/C13H23NO2/c1-13(5-8-15-9-6-13)11-14-10-12-4-2-3-7-16-12/h3,7,12,14H,2,4-6,8-11H2,1H3. The lowest BCUT2D eigenvalue weighted by atomic mass is 9.82. The van der Waals surface area contributed by atoms with Crippen LogP contribution in [0.5, 0.6) is 0 Å². The first-order valence-corrected chi connectivity index (χ1v) is 6.37. The molecular weight excluding hydrogens is 202 g/mol. The van der Waals surface area contributed by atoms with Crippen molar-refractivity contribution in [1.29, 1.82) is 0 Å². The highest BCUT2D eigenvalue weighted by Gasteiger charge is 2.27. The third-order valence-electron chi connectivity index (χ3n) is 3.65. The molecule has 3 heteroatoms. The Morgan fingerprint density at radius 1 is 1.38 bits per heavy atom. The van der Waals surface area contributed by atoms with Crippen LogP contribution in [-0.4, -0.2) is 32.4 Å². The molecule has 0 aromatic rings. The first-order valence-electron chi connectivity index (χ1n) is 6.37. The second-order valence-corrected chi connectivity index (χ2v) is 5.26. The van der Waals surface area contributed by atoms with E-state index in [1.54, 1.807) is 0 Å². The van der Waals surface area contributed by atoms with Gasteiger partial charge in [-0.05, 0) is 37.2 Å². The van der Waals surface area contributed by atoms with E-state index in [9.17, 15) is 0 Å². The van der Waals surface area contributed by atoms with Crippen molar-refractivity contribution in [2.75, 3.05) is 26.3 Å². The van der Waals surface area contributed by atoms with Crippen LogP contribution < -0.4 is 5.32 Å². The fraction of sp³-hybridized carbons (Fsp3) is 0.846. The predicted molar refractivity (Wildman–Crippen MR) is 64.3 cm³/mol. The van der Waals surface area contributed by atoms with Crippen molar-refractivity contribution in [2.45, 2.75) is 38.7 Å². The van der Waals surface area contributed by atoms with E-state index in [4.69, 9.17) is 9.47 Å². The molecule has 0 saturated carbocycles. The normalized spacial score (nSPS) is 28.7. The van der Waals surface area contributed by atoms with Gasteiger partial charge in [0.15, 0.2) is 0 Å². The summed E-state index contributed by atoms with van der Waals surface area (Å²) >= 11 is 0. The van der Waals surface area contributed by atoms with Crippen molar-refractivity contribution >= 4 is 0 Å². The minimum Gasteiger partial charge on any atom is -0.497 e. The second kappa shape index (κ2) is 5.69. The molecule has 92 valence electrons. The molecule has 0 radical (unpaired) electrons. The van der Waals surface area contributed by atoms with E-state index in [1.807, 2.05) is 6.26 Å². The minimum absolute atomic E-state index is 0.369. The smallest absolute Gasteiger partial charge is 0.110 e. The van der Waals surface area contributed by atoms with Crippen LogP contribution in [-0.2, 0) is 9.47 Å². The van der Waals surface area contributed by atoms with Gasteiger partial charge in [-0.3, -0.25) is 0 Å². The van der Waals surface area contributed by atoms with Gasteiger partial charge in [-0.2, -0.15) is 0 Å². The number of hydrogen-bond donors (Lipinski definition) is 1. The molecule has 1 unspecified atom stereocenters. The van der Waals surface area contributed by atoms with Crippen LogP contribution in [0.3, 0.4) is 0 Å². The summed E-state index contributed by atoms with van der Waals surface area (Å²) in [6.07, 6.45) is 8.94. The third kappa shape index (κ3) is 3.49. The summed E-state index contributed by atoms with van der Waals surface area (Å²) in [6.45, 7) is 6.24. The van der Waals surface area contributed by atoms with Crippen molar-refractivity contribution < 1.29 is 9.47 Å². The molecule has 1 atom stereocenters. The summed E-state index contributed by atoms with van der Waals surface area (Å²) < 4.78 is 10.9. The molecule has 0 amide bonds. The summed E-state index contributed by atoms with van der Waals surface area (Å²) in [5.74, 6) is 0. The average Bonchev–Trinajstić information content (AvgIpc) is 2.31. The maximum absolute atomic E-state index is 5.53. The third-order valence-corrected chi connectivity index (χ3v) is 3.65. The number of rotatable bonds is 4. The molecule has 0 spiro atoms. The molecule has 2 aliphatic rings. The Balaban J connectivity index is 1.64. The van der Waals surface area contributed by atoms with Crippen LogP contribution in [0, 0.1) is 5.41 Å². The van der Waals surface area contributed by atoms with E-state index in [0.29, 0.717) is 11.5 Å². The largest absolute Gasteiger partial charge is 0.497 e. The molecule has 0 aliphatic carbocycles. The minimum atomic E-state index is 0.369. The first-order chi connectivity index (χ1) is 7.79. The molecular formula is C13H23NO2. The van der Waals surface area contributed by atoms with Gasteiger partial charge >= 0.3 is 0 Å². The zero-order chi connectivity index (χ0) is 11.3. The molecule has 1 fully saturated rings. The van der Waals surface area contributed by atoms with Gasteiger partial charge in [0.2, 0.25) is 0 Å². The summed E-state index contributed by atoms with van der Waals surface area (Å²) in [6, 6.07) is 0. The summed E-state index contributed by atoms with van der Waals surface area (Å²) in [4.78, 5) is 0. The molecule has 3 nitrogen and oxygen atoms in total. The van der Waals surface area contributed by atoms with Crippen molar-refractivity contribution in [3.05, 3.63) is 12.3 Å². The van der Waals surface area contributed by atoms with Crippen LogP contribution in [0.1, 0.15) is 32.6 Å². The molecule has 2 heterocycles. The number of ether oxygens (including phenoxy) is 2. The molecule has 1 N–H and O–H groups in total. The second-order valence-electron chi connectivity index (χ2n) is 5.26. The zero-order valence-electron chi connectivity index (χ0n) is 10.2. The average molecular weight is 225 g/mol. The van der Waals surface area contributed by atoms with Gasteiger partial charge in [0.25, 0.3) is 0 Å². The Kier molecular flexibility index (Phi) is 4.24. The highest BCUT2D eigenvalue weighted by Crippen LogP contribution is 2.28. The van der Waals surface area contributed by atoms with Gasteiger partial charge in [-0.15, -0.1) is 0 Å². The van der Waals surface area contributed by atoms with Crippen molar-refractivity contribution in [3.8, 4) is 0 Å². The maximum Gasteiger partial charge on any atom is 0.110 e. The quantitative estimate of drug-likeness (QED) is 0.794. The maximum atomic E-state index is 5.53. The van der Waals surface area contributed by atoms with E-state index in [2.05, 4.69) is 18.3 Å². The van der Waals surface area contributed by atoms with Crippen LogP contribution in [0.4, 0.5) is 0 Å². The lowest BCUT2D eigenvalue weighted by molar-refractivity contribution is 0.0220. The molecule has 1 saturated heterocycles. The Bertz CT molecular complexity index is 234. The lowest BCUT2D eigenvalue weighted by Crippen LogP contribution is -2.40. The van der Waals surface area contributed by atoms with Crippen molar-refractivity contribution in [1.82, 2.24) is 5.32 Å². The van der Waals surface area contributed by atoms with Crippen LogP contribution in [0.2, 0.25) is 0 Å². The van der Waals surface area contributed by atoms with E-state index < -0.39 is 0 Å². The number of allylic oxidation sites excluding steroid dienone is 1. The Morgan fingerprint density at radius 2 is 2.19 bits per heavy atom. The highest BCUT2D eigenvalue weighted by atomic mass is 16.5. The molecule has 0 bridgehead atoms. The van der Waals surface area contributed by atoms with E-state index in [-0.39, 0.29) is 0 Å². The van der Waals surface area contributed by atoms with E-state index in [1.165, 1.54) is 12.8 Å². The van der Waals surface area contributed by atoms with Crippen molar-refractivity contribution in [2.24, 2.45) is 5.41 Å². The van der Waals surface area contributed by atoms with Gasteiger partial charge < -0.3 is 14.8 Å². The monoisotopic (exact) mass is 225 g/mol. The topological polar surface area (TPSA) is 30.5 Å². The number of hydrogen-bond acceptors (Lipinski definition) is 3. The lowest BCUT2D eigenvalue weighted by Gasteiger charge is -2.34. The van der Waals surface area contributed by atoms with Gasteiger partial charge in [-0.1, -0.05) is 6.92 Å². The van der Waals surface area contributed by atoms with Crippen LogP contribution >= 0.6 is 0 Å². The zero-order valence-corrected chi connectivity index (χ0v) is 10.2. The van der Waals surface area contributed by atoms with E-state index in [0.717, 1.165) is 39.1 Å². The van der Waals surface area contributed by atoms with Gasteiger partial charge in [0.1, 0.15) is 6.10 Å². The van der Waals surface area contributed by atoms with Gasteiger partial charge in [-0.25, -0.2) is 0 Å². The summed E-state index contributed by atoms with van der Waals surface area (Å²) in [7, 11) is 0. The highest BCUT2D eigenvalue weighted by molar-refractivity contribution is 4.84. The Morgan fingerprint density at radius 3 is 2.88 bits per heavy atom. The molecule has 2 rings (SSSR count). The SMILES string of the molecule is CC1(CNCC2CCC=CO2)CCOCC1. The molecule has 0 aromatic heterocycles. The molecule has 0 aromatic carbocycles.